The average Bonchev–Trinajstić information content (AvgIpc) is 2.61. The first-order valence-electron chi connectivity index (χ1n) is 8.07. The van der Waals surface area contributed by atoms with E-state index in [4.69, 9.17) is 0 Å². The molecule has 122 valence electrons. The molecule has 1 fully saturated rings. The van der Waals surface area contributed by atoms with Crippen molar-refractivity contribution >= 4 is 22.4 Å². The molecule has 0 bridgehead atoms. The molecule has 2 aromatic carbocycles. The Morgan fingerprint density at radius 1 is 1.12 bits per heavy atom. The van der Waals surface area contributed by atoms with Crippen LogP contribution in [0.2, 0.25) is 0 Å². The van der Waals surface area contributed by atoms with Gasteiger partial charge < -0.3 is 15.3 Å². The fourth-order valence-corrected chi connectivity index (χ4v) is 2.96. The van der Waals surface area contributed by atoms with Gasteiger partial charge in [0.15, 0.2) is 0 Å². The van der Waals surface area contributed by atoms with Crippen LogP contribution in [-0.2, 0) is 4.79 Å². The van der Waals surface area contributed by atoms with Crippen LogP contribution in [0, 0.1) is 11.3 Å². The molecule has 1 saturated heterocycles. The Balaban J connectivity index is 1.85. The van der Waals surface area contributed by atoms with Crippen molar-refractivity contribution in [2.24, 2.45) is 0 Å². The molecule has 0 aliphatic carbocycles. The van der Waals surface area contributed by atoms with Crippen LogP contribution in [-0.4, -0.2) is 29.0 Å². The van der Waals surface area contributed by atoms with Crippen molar-refractivity contribution < 1.29 is 9.90 Å². The minimum Gasteiger partial charge on any atom is -0.507 e. The predicted octanol–water partition coefficient (Wildman–Crippen LogP) is 3.38. The summed E-state index contributed by atoms with van der Waals surface area (Å²) in [5.41, 5.74) is 0.669. The second-order valence-electron chi connectivity index (χ2n) is 5.88. The number of piperidine rings is 1. The number of likely N-dealkylation sites (tertiary alicyclic amines) is 1. The Labute approximate surface area is 140 Å². The zero-order chi connectivity index (χ0) is 16.9. The number of aromatic hydroxyl groups is 1. The van der Waals surface area contributed by atoms with Gasteiger partial charge in [-0.05, 0) is 31.4 Å². The average molecular weight is 321 g/mol. The molecule has 1 heterocycles. The minimum atomic E-state index is -0.432. The normalized spacial score (nSPS) is 15.1. The van der Waals surface area contributed by atoms with Gasteiger partial charge in [-0.1, -0.05) is 24.3 Å². The highest BCUT2D eigenvalue weighted by Crippen LogP contribution is 2.30. The molecule has 24 heavy (non-hydrogen) atoms. The van der Waals surface area contributed by atoms with Crippen LogP contribution in [0.5, 0.6) is 5.75 Å². The largest absolute Gasteiger partial charge is 0.507 e. The van der Waals surface area contributed by atoms with E-state index in [0.717, 1.165) is 31.3 Å². The summed E-state index contributed by atoms with van der Waals surface area (Å²) < 4.78 is 0. The Morgan fingerprint density at radius 3 is 2.58 bits per heavy atom. The first-order valence-corrected chi connectivity index (χ1v) is 8.07. The highest BCUT2D eigenvalue weighted by molar-refractivity contribution is 6.11. The summed E-state index contributed by atoms with van der Waals surface area (Å²) in [5, 5.41) is 23.4. The van der Waals surface area contributed by atoms with Crippen LogP contribution in [0.4, 0.5) is 5.69 Å². The van der Waals surface area contributed by atoms with Crippen molar-refractivity contribution in [1.29, 1.82) is 5.26 Å². The van der Waals surface area contributed by atoms with Gasteiger partial charge >= 0.3 is 0 Å². The maximum Gasteiger partial charge on any atom is 0.267 e. The Kier molecular flexibility index (Phi) is 4.66. The summed E-state index contributed by atoms with van der Waals surface area (Å²) in [6, 6.07) is 12.4. The van der Waals surface area contributed by atoms with Crippen molar-refractivity contribution in [3.05, 3.63) is 48.2 Å². The van der Waals surface area contributed by atoms with E-state index in [1.807, 2.05) is 17.0 Å². The van der Waals surface area contributed by atoms with Crippen molar-refractivity contribution in [2.45, 2.75) is 19.3 Å². The second kappa shape index (κ2) is 7.05. The van der Waals surface area contributed by atoms with Crippen LogP contribution < -0.4 is 5.32 Å². The van der Waals surface area contributed by atoms with Crippen LogP contribution in [0.25, 0.3) is 10.8 Å². The molecule has 1 amide bonds. The van der Waals surface area contributed by atoms with Crippen LogP contribution in [0.15, 0.2) is 48.2 Å². The number of hydrogen-bond donors (Lipinski definition) is 2. The highest BCUT2D eigenvalue weighted by atomic mass is 16.3. The van der Waals surface area contributed by atoms with Gasteiger partial charge in [-0.25, -0.2) is 0 Å². The van der Waals surface area contributed by atoms with Crippen molar-refractivity contribution in [3.8, 4) is 11.8 Å². The molecule has 5 heteroatoms. The van der Waals surface area contributed by atoms with Gasteiger partial charge in [0.25, 0.3) is 5.91 Å². The molecule has 3 rings (SSSR count). The van der Waals surface area contributed by atoms with Gasteiger partial charge in [-0.3, -0.25) is 4.79 Å². The SMILES string of the molecule is N#C/C(=C/N1CCCCC1)C(=O)Nc1cccc2c(O)cccc12. The van der Waals surface area contributed by atoms with Gasteiger partial charge in [0.1, 0.15) is 17.4 Å². The number of fused-ring (bicyclic) bond motifs is 1. The Hall–Kier alpha value is -3.00. The maximum atomic E-state index is 12.5. The Bertz CT molecular complexity index is 830. The predicted molar refractivity (Wildman–Crippen MR) is 93.4 cm³/mol. The lowest BCUT2D eigenvalue weighted by molar-refractivity contribution is -0.112. The third-order valence-corrected chi connectivity index (χ3v) is 4.21. The van der Waals surface area contributed by atoms with Gasteiger partial charge in [-0.15, -0.1) is 0 Å². The lowest BCUT2D eigenvalue weighted by Crippen LogP contribution is -2.26. The number of amides is 1. The molecule has 0 aromatic heterocycles. The number of carbonyl (C=O) groups excluding carboxylic acids is 1. The number of nitrogens with one attached hydrogen (secondary N) is 1. The lowest BCUT2D eigenvalue weighted by atomic mass is 10.1. The van der Waals surface area contributed by atoms with Crippen LogP contribution in [0.3, 0.4) is 0 Å². The number of rotatable bonds is 3. The minimum absolute atomic E-state index is 0.0917. The summed E-state index contributed by atoms with van der Waals surface area (Å²) in [6.45, 7) is 1.75. The molecule has 1 aliphatic heterocycles. The van der Waals surface area contributed by atoms with Crippen LogP contribution >= 0.6 is 0 Å². The maximum absolute atomic E-state index is 12.5. The zero-order valence-electron chi connectivity index (χ0n) is 13.3. The van der Waals surface area contributed by atoms with E-state index in [0.29, 0.717) is 11.1 Å². The summed E-state index contributed by atoms with van der Waals surface area (Å²) in [6.07, 6.45) is 5.01. The smallest absolute Gasteiger partial charge is 0.267 e. The molecular weight excluding hydrogens is 302 g/mol. The molecule has 0 atom stereocenters. The number of phenols is 1. The summed E-state index contributed by atoms with van der Waals surface area (Å²) >= 11 is 0. The number of nitriles is 1. The van der Waals surface area contributed by atoms with E-state index in [9.17, 15) is 15.2 Å². The second-order valence-corrected chi connectivity index (χ2v) is 5.88. The number of anilines is 1. The van der Waals surface area contributed by atoms with E-state index in [2.05, 4.69) is 5.32 Å². The molecule has 0 spiro atoms. The fourth-order valence-electron chi connectivity index (χ4n) is 2.96. The Morgan fingerprint density at radius 2 is 1.83 bits per heavy atom. The van der Waals surface area contributed by atoms with Gasteiger partial charge in [0.05, 0.1) is 0 Å². The fraction of sp³-hybridized carbons (Fsp3) is 0.263. The van der Waals surface area contributed by atoms with Gasteiger partial charge in [0, 0.05) is 35.7 Å². The topological polar surface area (TPSA) is 76.4 Å². The van der Waals surface area contributed by atoms with E-state index in [-0.39, 0.29) is 11.3 Å². The number of benzene rings is 2. The molecular formula is C19H19N3O2. The number of carbonyl (C=O) groups is 1. The summed E-state index contributed by atoms with van der Waals surface area (Å²) in [5.74, 6) is -0.271. The molecule has 5 nitrogen and oxygen atoms in total. The standard InChI is InChI=1S/C19H19N3O2/c20-12-14(13-22-10-2-1-3-11-22)19(24)21-17-8-4-7-16-15(17)6-5-9-18(16)23/h4-9,13,23H,1-3,10-11H2,(H,21,24)/b14-13-. The molecule has 1 aliphatic rings. The third-order valence-electron chi connectivity index (χ3n) is 4.21. The first-order chi connectivity index (χ1) is 11.7. The molecule has 2 aromatic rings. The first kappa shape index (κ1) is 15.9. The van der Waals surface area contributed by atoms with E-state index >= 15 is 0 Å². The molecule has 0 radical (unpaired) electrons. The zero-order valence-corrected chi connectivity index (χ0v) is 13.3. The number of phenolic OH excluding ortho intramolecular Hbond substituents is 1. The molecule has 2 N–H and O–H groups in total. The summed E-state index contributed by atoms with van der Waals surface area (Å²) in [7, 11) is 0. The molecule has 0 unspecified atom stereocenters. The van der Waals surface area contributed by atoms with E-state index < -0.39 is 5.91 Å². The number of hydrogen-bond acceptors (Lipinski definition) is 4. The van der Waals surface area contributed by atoms with Crippen molar-refractivity contribution in [2.75, 3.05) is 18.4 Å². The van der Waals surface area contributed by atoms with Gasteiger partial charge in [0.2, 0.25) is 0 Å². The van der Waals surface area contributed by atoms with Gasteiger partial charge in [-0.2, -0.15) is 5.26 Å². The van der Waals surface area contributed by atoms with E-state index in [1.165, 1.54) is 6.42 Å². The monoisotopic (exact) mass is 321 g/mol. The third kappa shape index (κ3) is 3.33. The quantitative estimate of drug-likeness (QED) is 0.671. The number of nitrogens with zero attached hydrogens (tertiary/aromatic N) is 2. The highest BCUT2D eigenvalue weighted by Gasteiger charge is 2.15. The summed E-state index contributed by atoms with van der Waals surface area (Å²) in [4.78, 5) is 14.5. The van der Waals surface area contributed by atoms with Crippen molar-refractivity contribution in [3.63, 3.8) is 0 Å². The van der Waals surface area contributed by atoms with E-state index in [1.54, 1.807) is 36.5 Å². The molecule has 0 saturated carbocycles. The van der Waals surface area contributed by atoms with Crippen molar-refractivity contribution in [1.82, 2.24) is 4.90 Å². The van der Waals surface area contributed by atoms with Crippen LogP contribution in [0.1, 0.15) is 19.3 Å². The lowest BCUT2D eigenvalue weighted by Gasteiger charge is -2.25.